The molecule has 1 fully saturated rings. The van der Waals surface area contributed by atoms with Gasteiger partial charge in [-0.05, 0) is 61.5 Å². The number of phenolic OH excluding ortho intramolecular Hbond substituents is 1. The Morgan fingerprint density at radius 3 is 2.36 bits per heavy atom. The van der Waals surface area contributed by atoms with Gasteiger partial charge in [0.2, 0.25) is 17.7 Å². The molecule has 2 aliphatic rings. The van der Waals surface area contributed by atoms with Crippen molar-refractivity contribution in [3.8, 4) is 5.75 Å². The minimum Gasteiger partial charge on any atom is -0.508 e. The number of rotatable bonds is 7. The molecule has 3 aromatic carbocycles. The second kappa shape index (κ2) is 12.1. The molecule has 3 heterocycles. The van der Waals surface area contributed by atoms with E-state index in [0.717, 1.165) is 32.5 Å². The first kappa shape index (κ1) is 29.9. The minimum atomic E-state index is -0.887. The highest BCUT2D eigenvalue weighted by Gasteiger charge is 2.57. The van der Waals surface area contributed by atoms with E-state index in [9.17, 15) is 29.1 Å². The number of ether oxygens (including phenoxy) is 1. The molecular formula is C31H24BrN3O7S2. The third-order valence-corrected chi connectivity index (χ3v) is 10.5. The second-order valence-corrected chi connectivity index (χ2v) is 13.1. The number of hydrogen-bond acceptors (Lipinski definition) is 9. The van der Waals surface area contributed by atoms with Crippen LogP contribution in [-0.2, 0) is 25.7 Å². The van der Waals surface area contributed by atoms with Crippen LogP contribution in [0.3, 0.4) is 0 Å². The van der Waals surface area contributed by atoms with Crippen LogP contribution < -0.4 is 15.1 Å². The van der Waals surface area contributed by atoms with E-state index in [1.807, 2.05) is 0 Å². The third-order valence-electron chi connectivity index (χ3n) is 7.39. The first-order chi connectivity index (χ1) is 21.2. The van der Waals surface area contributed by atoms with E-state index in [0.29, 0.717) is 32.4 Å². The summed E-state index contributed by atoms with van der Waals surface area (Å²) >= 11 is 5.36. The van der Waals surface area contributed by atoms with Gasteiger partial charge in [-0.25, -0.2) is 9.69 Å². The van der Waals surface area contributed by atoms with Gasteiger partial charge in [0.15, 0.2) is 0 Å². The molecular weight excluding hydrogens is 670 g/mol. The van der Waals surface area contributed by atoms with Crippen molar-refractivity contribution in [3.05, 3.63) is 103 Å². The number of thiazole rings is 1. The molecule has 13 heteroatoms. The largest absolute Gasteiger partial charge is 0.508 e. The van der Waals surface area contributed by atoms with Gasteiger partial charge in [-0.1, -0.05) is 57.2 Å². The van der Waals surface area contributed by atoms with Crippen LogP contribution in [-0.4, -0.2) is 45.2 Å². The van der Waals surface area contributed by atoms with Crippen molar-refractivity contribution in [1.29, 1.82) is 0 Å². The molecule has 0 bridgehead atoms. The monoisotopic (exact) mass is 693 g/mol. The van der Waals surface area contributed by atoms with Gasteiger partial charge in [-0.2, -0.15) is 0 Å². The van der Waals surface area contributed by atoms with Crippen molar-refractivity contribution in [3.63, 3.8) is 0 Å². The predicted molar refractivity (Wildman–Crippen MR) is 169 cm³/mol. The number of para-hydroxylation sites is 1. The number of aromatic nitrogens is 1. The molecule has 224 valence electrons. The van der Waals surface area contributed by atoms with E-state index in [1.165, 1.54) is 22.8 Å². The lowest BCUT2D eigenvalue weighted by molar-refractivity contribution is -0.122. The molecule has 0 aliphatic carbocycles. The molecule has 0 spiro atoms. The Bertz CT molecular complexity index is 1850. The van der Waals surface area contributed by atoms with Gasteiger partial charge in [0.05, 0.1) is 28.8 Å². The van der Waals surface area contributed by atoms with Crippen molar-refractivity contribution in [1.82, 2.24) is 4.57 Å². The van der Waals surface area contributed by atoms with Crippen LogP contribution in [0.1, 0.15) is 33.6 Å². The maximum absolute atomic E-state index is 13.9. The molecule has 4 aromatic rings. The van der Waals surface area contributed by atoms with Crippen molar-refractivity contribution in [2.75, 3.05) is 16.8 Å². The van der Waals surface area contributed by atoms with Crippen LogP contribution in [0.15, 0.2) is 87.1 Å². The standard InChI is InChI=1S/C31H24BrN3O7S2/c1-2-42-30(40)16-7-11-18(12-8-16)33-22(37)15-34-29-26(44-31(34)41)23(20-5-3-4-6-21(20)36)24-25(43-29)28(39)35(27(24)38)19-13-9-17(32)10-14-19/h3-14,23-25,36H,2,15H2,1H3,(H,33,37)/t23-,24?,25?/m0/s1. The zero-order chi connectivity index (χ0) is 31.1. The highest BCUT2D eigenvalue weighted by molar-refractivity contribution is 9.10. The first-order valence-corrected chi connectivity index (χ1v) is 16.0. The molecule has 2 aliphatic heterocycles. The summed E-state index contributed by atoms with van der Waals surface area (Å²) in [4.78, 5) is 67.4. The number of benzene rings is 3. The van der Waals surface area contributed by atoms with Crippen LogP contribution >= 0.6 is 39.0 Å². The number of phenols is 1. The number of fused-ring (bicyclic) bond motifs is 2. The molecule has 6 rings (SSSR count). The number of hydrogen-bond donors (Lipinski definition) is 2. The Morgan fingerprint density at radius 2 is 1.68 bits per heavy atom. The highest BCUT2D eigenvalue weighted by Crippen LogP contribution is 2.55. The van der Waals surface area contributed by atoms with Gasteiger partial charge in [-0.3, -0.25) is 23.7 Å². The lowest BCUT2D eigenvalue weighted by atomic mass is 9.82. The van der Waals surface area contributed by atoms with Crippen molar-refractivity contribution < 1.29 is 29.0 Å². The fraction of sp³-hybridized carbons (Fsp3) is 0.194. The smallest absolute Gasteiger partial charge is 0.338 e. The van der Waals surface area contributed by atoms with Crippen LogP contribution in [0.5, 0.6) is 5.75 Å². The molecule has 2 unspecified atom stereocenters. The summed E-state index contributed by atoms with van der Waals surface area (Å²) in [6.45, 7) is 1.60. The second-order valence-electron chi connectivity index (χ2n) is 10.1. The van der Waals surface area contributed by atoms with Crippen molar-refractivity contribution in [2.24, 2.45) is 5.92 Å². The van der Waals surface area contributed by atoms with Gasteiger partial charge in [0.1, 0.15) is 17.5 Å². The summed E-state index contributed by atoms with van der Waals surface area (Å²) in [5.74, 6) is -3.56. The molecule has 1 saturated heterocycles. The van der Waals surface area contributed by atoms with E-state index in [2.05, 4.69) is 21.2 Å². The molecule has 3 amide bonds. The van der Waals surface area contributed by atoms with Crippen LogP contribution in [0.25, 0.3) is 0 Å². The fourth-order valence-corrected chi connectivity index (χ4v) is 8.46. The number of halogens is 1. The molecule has 0 saturated carbocycles. The zero-order valence-electron chi connectivity index (χ0n) is 23.1. The Balaban J connectivity index is 1.34. The molecule has 44 heavy (non-hydrogen) atoms. The maximum Gasteiger partial charge on any atom is 0.338 e. The van der Waals surface area contributed by atoms with E-state index in [-0.39, 0.29) is 18.9 Å². The number of esters is 1. The number of imide groups is 1. The summed E-state index contributed by atoms with van der Waals surface area (Å²) in [5.41, 5.74) is 1.59. The number of thioether (sulfide) groups is 1. The first-order valence-electron chi connectivity index (χ1n) is 13.6. The van der Waals surface area contributed by atoms with Crippen LogP contribution in [0.4, 0.5) is 11.4 Å². The summed E-state index contributed by atoms with van der Waals surface area (Å²) in [6.07, 6.45) is 0. The molecule has 2 N–H and O–H groups in total. The summed E-state index contributed by atoms with van der Waals surface area (Å²) in [5, 5.41) is 13.1. The number of carbonyl (C=O) groups excluding carboxylic acids is 4. The molecule has 1 aromatic heterocycles. The van der Waals surface area contributed by atoms with Gasteiger partial charge in [-0.15, -0.1) is 0 Å². The van der Waals surface area contributed by atoms with E-state index in [1.54, 1.807) is 61.5 Å². The molecule has 0 radical (unpaired) electrons. The lowest BCUT2D eigenvalue weighted by Crippen LogP contribution is -2.33. The predicted octanol–water partition coefficient (Wildman–Crippen LogP) is 4.99. The fourth-order valence-electron chi connectivity index (χ4n) is 5.43. The van der Waals surface area contributed by atoms with E-state index in [4.69, 9.17) is 4.74 Å². The third kappa shape index (κ3) is 5.35. The highest BCUT2D eigenvalue weighted by atomic mass is 79.9. The molecule has 10 nitrogen and oxygen atoms in total. The summed E-state index contributed by atoms with van der Waals surface area (Å²) in [7, 11) is 0. The number of anilines is 2. The average Bonchev–Trinajstić information content (AvgIpc) is 3.45. The Morgan fingerprint density at radius 1 is 0.977 bits per heavy atom. The minimum absolute atomic E-state index is 0.0622. The van der Waals surface area contributed by atoms with Gasteiger partial charge >= 0.3 is 10.8 Å². The number of nitrogens with one attached hydrogen (secondary N) is 1. The quantitative estimate of drug-likeness (QED) is 0.204. The Hall–Kier alpha value is -4.20. The maximum atomic E-state index is 13.9. The average molecular weight is 695 g/mol. The van der Waals surface area contributed by atoms with Crippen LogP contribution in [0.2, 0.25) is 0 Å². The number of amides is 3. The normalized spacial score (nSPS) is 19.0. The Labute approximate surface area is 267 Å². The van der Waals surface area contributed by atoms with E-state index < -0.39 is 45.6 Å². The Kier molecular flexibility index (Phi) is 8.18. The summed E-state index contributed by atoms with van der Waals surface area (Å²) < 4.78 is 7.07. The lowest BCUT2D eigenvalue weighted by Gasteiger charge is -2.31. The summed E-state index contributed by atoms with van der Waals surface area (Å²) in [6, 6.07) is 19.5. The van der Waals surface area contributed by atoms with E-state index >= 15 is 0 Å². The van der Waals surface area contributed by atoms with Gasteiger partial charge in [0, 0.05) is 26.5 Å². The number of carbonyl (C=O) groups is 4. The van der Waals surface area contributed by atoms with Gasteiger partial charge < -0.3 is 15.2 Å². The van der Waals surface area contributed by atoms with Crippen LogP contribution in [0, 0.1) is 5.92 Å². The zero-order valence-corrected chi connectivity index (χ0v) is 26.3. The van der Waals surface area contributed by atoms with Crippen molar-refractivity contribution >= 4 is 74.1 Å². The SMILES string of the molecule is CCOC(=O)c1ccc(NC(=O)Cn2c3c(sc2=O)[C@@H](c2ccccc2O)C2C(=O)N(c4ccc(Br)cc4)C(=O)C2S3)cc1. The number of nitrogens with zero attached hydrogens (tertiary/aromatic N) is 2. The van der Waals surface area contributed by atoms with Crippen molar-refractivity contribution in [2.45, 2.75) is 29.7 Å². The molecule has 3 atom stereocenters. The number of aromatic hydroxyl groups is 1. The van der Waals surface area contributed by atoms with Gasteiger partial charge in [0.25, 0.3) is 0 Å². The topological polar surface area (TPSA) is 135 Å².